The van der Waals surface area contributed by atoms with E-state index in [2.05, 4.69) is 53.5 Å². The lowest BCUT2D eigenvalue weighted by Gasteiger charge is -2.09. The number of carbonyl (C=O) groups excluding carboxylic acids is 1. The first-order valence-electron chi connectivity index (χ1n) is 9.06. The first-order valence-corrected chi connectivity index (χ1v) is 9.51. The number of unbranched alkanes of at least 4 members (excludes halogenated alkanes) is 2. The number of hydrogen-bond donors (Lipinski definition) is 1. The lowest BCUT2D eigenvalue weighted by molar-refractivity contribution is -0.140. The summed E-state index contributed by atoms with van der Waals surface area (Å²) >= 11 is 4.53. The van der Waals surface area contributed by atoms with Gasteiger partial charge in [-0.05, 0) is 50.5 Å². The van der Waals surface area contributed by atoms with Crippen molar-refractivity contribution in [3.63, 3.8) is 0 Å². The molecule has 0 atom stereocenters. The Bertz CT molecular complexity index is 919. The number of hydrogen-bond acceptors (Lipinski definition) is 5. The average molecular weight is 385 g/mol. The summed E-state index contributed by atoms with van der Waals surface area (Å²) in [4.78, 5) is 15.6. The predicted molar refractivity (Wildman–Crippen MR) is 109 cm³/mol. The van der Waals surface area contributed by atoms with E-state index < -0.39 is 0 Å². The highest BCUT2D eigenvalue weighted by atomic mass is 32.1. The molecule has 0 N–H and O–H groups in total. The number of ether oxygens (including phenoxy) is 2. The van der Waals surface area contributed by atoms with E-state index >= 15 is 0 Å². The second-order valence-corrected chi connectivity index (χ2v) is 6.87. The second kappa shape index (κ2) is 8.95. The maximum absolute atomic E-state index is 11.1. The van der Waals surface area contributed by atoms with Crippen LogP contribution in [-0.2, 0) is 9.53 Å². The summed E-state index contributed by atoms with van der Waals surface area (Å²) in [5, 5.41) is 0.647. The minimum Gasteiger partial charge on any atom is -0.494 e. The molecule has 0 saturated heterocycles. The quantitative estimate of drug-likeness (QED) is 0.346. The van der Waals surface area contributed by atoms with Crippen molar-refractivity contribution in [1.29, 1.82) is 0 Å². The summed E-state index contributed by atoms with van der Waals surface area (Å²) < 4.78 is 12.5. The highest BCUT2D eigenvalue weighted by Crippen LogP contribution is 2.27. The van der Waals surface area contributed by atoms with Crippen molar-refractivity contribution in [3.05, 3.63) is 48.0 Å². The average Bonchev–Trinajstić information content (AvgIpc) is 3.00. The van der Waals surface area contributed by atoms with Gasteiger partial charge in [0.2, 0.25) is 0 Å². The number of fused-ring (bicyclic) bond motifs is 1. The van der Waals surface area contributed by atoms with Crippen LogP contribution in [0.4, 0.5) is 0 Å². The Hall–Kier alpha value is -2.47. The number of esters is 1. The SMILES string of the molecule is COC(=O)CCCCCOc1ccc2nc(S)n(-c3ccc(C)cc3)c2c1. The van der Waals surface area contributed by atoms with E-state index in [1.807, 2.05) is 22.8 Å². The zero-order valence-electron chi connectivity index (χ0n) is 15.6. The van der Waals surface area contributed by atoms with Gasteiger partial charge in [0.05, 0.1) is 24.8 Å². The van der Waals surface area contributed by atoms with Crippen LogP contribution in [0.5, 0.6) is 5.75 Å². The number of thiol groups is 1. The van der Waals surface area contributed by atoms with Gasteiger partial charge in [0.25, 0.3) is 0 Å². The van der Waals surface area contributed by atoms with E-state index in [4.69, 9.17) is 4.74 Å². The summed E-state index contributed by atoms with van der Waals surface area (Å²) in [6, 6.07) is 14.1. The van der Waals surface area contributed by atoms with Gasteiger partial charge < -0.3 is 9.47 Å². The predicted octanol–water partition coefficient (Wildman–Crippen LogP) is 4.73. The Morgan fingerprint density at radius 3 is 2.63 bits per heavy atom. The summed E-state index contributed by atoms with van der Waals surface area (Å²) in [5.74, 6) is 0.644. The number of aryl methyl sites for hydroxylation is 1. The Morgan fingerprint density at radius 1 is 1.11 bits per heavy atom. The Balaban J connectivity index is 1.67. The molecule has 0 aliphatic heterocycles. The van der Waals surface area contributed by atoms with E-state index in [0.29, 0.717) is 18.2 Å². The molecule has 3 rings (SSSR count). The normalized spacial score (nSPS) is 10.9. The monoisotopic (exact) mass is 384 g/mol. The maximum atomic E-state index is 11.1. The molecule has 0 amide bonds. The molecule has 3 aromatic rings. The first-order chi connectivity index (χ1) is 13.1. The Morgan fingerprint density at radius 2 is 1.89 bits per heavy atom. The number of benzene rings is 2. The highest BCUT2D eigenvalue weighted by molar-refractivity contribution is 7.80. The van der Waals surface area contributed by atoms with Crippen LogP contribution in [0, 0.1) is 6.92 Å². The van der Waals surface area contributed by atoms with Crippen molar-refractivity contribution in [1.82, 2.24) is 9.55 Å². The smallest absolute Gasteiger partial charge is 0.305 e. The zero-order chi connectivity index (χ0) is 19.2. The Kier molecular flexibility index (Phi) is 6.40. The number of rotatable bonds is 8. The molecule has 5 nitrogen and oxygen atoms in total. The number of aromatic nitrogens is 2. The van der Waals surface area contributed by atoms with Crippen molar-refractivity contribution in [2.24, 2.45) is 0 Å². The van der Waals surface area contributed by atoms with Crippen molar-refractivity contribution >= 4 is 29.6 Å². The fourth-order valence-electron chi connectivity index (χ4n) is 2.92. The molecule has 0 fully saturated rings. The minimum atomic E-state index is -0.159. The third-order valence-electron chi connectivity index (χ3n) is 4.42. The van der Waals surface area contributed by atoms with Crippen LogP contribution in [0.15, 0.2) is 47.6 Å². The highest BCUT2D eigenvalue weighted by Gasteiger charge is 2.11. The molecule has 142 valence electrons. The molecule has 0 saturated carbocycles. The summed E-state index contributed by atoms with van der Waals surface area (Å²) in [5.41, 5.74) is 4.08. The molecule has 6 heteroatoms. The van der Waals surface area contributed by atoms with Crippen molar-refractivity contribution in [2.75, 3.05) is 13.7 Å². The van der Waals surface area contributed by atoms with E-state index in [0.717, 1.165) is 41.7 Å². The standard InChI is InChI=1S/C21H24N2O3S/c1-15-7-9-16(10-8-15)23-19-14-17(11-12-18(19)22-21(23)27)26-13-5-3-4-6-20(24)25-2/h7-12,14H,3-6,13H2,1-2H3,(H,22,27). The van der Waals surface area contributed by atoms with E-state index in [1.54, 1.807) is 0 Å². The molecule has 1 aromatic heterocycles. The van der Waals surface area contributed by atoms with Gasteiger partial charge in [-0.25, -0.2) is 4.98 Å². The molecule has 27 heavy (non-hydrogen) atoms. The molecule has 0 unspecified atom stereocenters. The van der Waals surface area contributed by atoms with Gasteiger partial charge in [0.1, 0.15) is 5.75 Å². The van der Waals surface area contributed by atoms with Gasteiger partial charge in [-0.2, -0.15) is 0 Å². The minimum absolute atomic E-state index is 0.159. The third-order valence-corrected chi connectivity index (χ3v) is 4.72. The third kappa shape index (κ3) is 4.83. The molecule has 0 spiro atoms. The van der Waals surface area contributed by atoms with Gasteiger partial charge in [-0.1, -0.05) is 17.7 Å². The van der Waals surface area contributed by atoms with Crippen LogP contribution >= 0.6 is 12.6 Å². The van der Waals surface area contributed by atoms with Crippen molar-refractivity contribution in [2.45, 2.75) is 37.8 Å². The van der Waals surface area contributed by atoms with Crippen LogP contribution in [0.3, 0.4) is 0 Å². The van der Waals surface area contributed by atoms with Crippen LogP contribution < -0.4 is 4.74 Å². The van der Waals surface area contributed by atoms with Gasteiger partial charge >= 0.3 is 5.97 Å². The number of nitrogens with zero attached hydrogens (tertiary/aromatic N) is 2. The first kappa shape index (κ1) is 19.3. The maximum Gasteiger partial charge on any atom is 0.305 e. The molecule has 1 heterocycles. The second-order valence-electron chi connectivity index (χ2n) is 6.47. The molecular formula is C21H24N2O3S. The molecule has 0 aliphatic carbocycles. The largest absolute Gasteiger partial charge is 0.494 e. The van der Waals surface area contributed by atoms with Gasteiger partial charge in [-0.3, -0.25) is 9.36 Å². The van der Waals surface area contributed by atoms with Crippen molar-refractivity contribution in [3.8, 4) is 11.4 Å². The van der Waals surface area contributed by atoms with E-state index in [9.17, 15) is 4.79 Å². The molecule has 2 aromatic carbocycles. The molecule has 0 bridgehead atoms. The topological polar surface area (TPSA) is 53.4 Å². The van der Waals surface area contributed by atoms with Crippen LogP contribution in [0.2, 0.25) is 0 Å². The van der Waals surface area contributed by atoms with Crippen molar-refractivity contribution < 1.29 is 14.3 Å². The number of carbonyl (C=O) groups is 1. The summed E-state index contributed by atoms with van der Waals surface area (Å²) in [6.07, 6.45) is 3.10. The van der Waals surface area contributed by atoms with Crippen LogP contribution in [0.25, 0.3) is 16.7 Å². The van der Waals surface area contributed by atoms with Crippen LogP contribution in [-0.4, -0.2) is 29.2 Å². The van der Waals surface area contributed by atoms with Gasteiger partial charge in [0, 0.05) is 18.2 Å². The van der Waals surface area contributed by atoms with E-state index in [1.165, 1.54) is 12.7 Å². The molecule has 0 aliphatic rings. The zero-order valence-corrected chi connectivity index (χ0v) is 16.5. The Labute approximate surface area is 164 Å². The summed E-state index contributed by atoms with van der Waals surface area (Å²) in [7, 11) is 1.42. The molecule has 0 radical (unpaired) electrons. The van der Waals surface area contributed by atoms with Gasteiger partial charge in [-0.15, -0.1) is 12.6 Å². The van der Waals surface area contributed by atoms with Gasteiger partial charge in [0.15, 0.2) is 5.16 Å². The van der Waals surface area contributed by atoms with E-state index in [-0.39, 0.29) is 5.97 Å². The fourth-order valence-corrected chi connectivity index (χ4v) is 3.25. The number of methoxy groups -OCH3 is 1. The lowest BCUT2D eigenvalue weighted by atomic mass is 10.2. The lowest BCUT2D eigenvalue weighted by Crippen LogP contribution is -2.01. The molecular weight excluding hydrogens is 360 g/mol. The summed E-state index contributed by atoms with van der Waals surface area (Å²) in [6.45, 7) is 2.67. The number of imidazole rings is 1. The fraction of sp³-hybridized carbons (Fsp3) is 0.333. The van der Waals surface area contributed by atoms with Crippen LogP contribution in [0.1, 0.15) is 31.2 Å².